The van der Waals surface area contributed by atoms with Gasteiger partial charge in [0.25, 0.3) is 0 Å². The summed E-state index contributed by atoms with van der Waals surface area (Å²) < 4.78 is 12.2. The van der Waals surface area contributed by atoms with Crippen molar-refractivity contribution in [2.24, 2.45) is 16.8 Å². The molecule has 2 N–H and O–H groups in total. The van der Waals surface area contributed by atoms with Crippen LogP contribution in [0.25, 0.3) is 6.08 Å². The molecule has 4 rings (SSSR count). The minimum Gasteiger partial charge on any atom is -0.478 e. The lowest BCUT2D eigenvalue weighted by molar-refractivity contribution is -0.131. The maximum absolute atomic E-state index is 12.5. The smallest absolute Gasteiger partial charge is 0.328 e. The van der Waals surface area contributed by atoms with E-state index in [1.54, 1.807) is 6.08 Å². The van der Waals surface area contributed by atoms with Gasteiger partial charge in [-0.15, -0.1) is 0 Å². The number of benzene rings is 1. The number of carbonyl (C=O) groups excluding carboxylic acids is 1. The van der Waals surface area contributed by atoms with Crippen LogP contribution in [0.1, 0.15) is 50.2 Å². The normalized spacial score (nSPS) is 28.7. The zero-order chi connectivity index (χ0) is 22.5. The number of unbranched alkanes of at least 4 members (excludes halogenated alkanes) is 2. The molecule has 7 nitrogen and oxygen atoms in total. The Kier molecular flexibility index (Phi) is 7.25. The zero-order valence-corrected chi connectivity index (χ0v) is 18.5. The minimum atomic E-state index is -0.964. The fourth-order valence-electron chi connectivity index (χ4n) is 5.09. The van der Waals surface area contributed by atoms with E-state index in [4.69, 9.17) is 14.6 Å². The molecular formula is C25H32N2O5. The molecule has 0 aromatic heterocycles. The highest BCUT2D eigenvalue weighted by atomic mass is 16.5. The van der Waals surface area contributed by atoms with E-state index in [1.807, 2.05) is 24.3 Å². The van der Waals surface area contributed by atoms with Crippen LogP contribution in [0.5, 0.6) is 0 Å². The summed E-state index contributed by atoms with van der Waals surface area (Å²) in [6, 6.07) is 7.36. The number of hydrogen-bond acceptors (Lipinski definition) is 5. The molecule has 1 amide bonds. The Bertz CT molecular complexity index is 896. The first-order valence-electron chi connectivity index (χ1n) is 11.7. The zero-order valence-electron chi connectivity index (χ0n) is 18.5. The molecule has 32 heavy (non-hydrogen) atoms. The predicted octanol–water partition coefficient (Wildman–Crippen LogP) is 3.22. The summed E-state index contributed by atoms with van der Waals surface area (Å²) >= 11 is 0. The van der Waals surface area contributed by atoms with Crippen molar-refractivity contribution in [3.8, 4) is 0 Å². The SMILES string of the molecule is CCCCCNC(=O)[C@@H]1COC([C@H]2[C@@H](Cc3ccccc3C=CC(=O)O)[C@@H]3CC[C@H]2O3)=N1. The third kappa shape index (κ3) is 5.04. The van der Waals surface area contributed by atoms with Crippen LogP contribution in [0.4, 0.5) is 0 Å². The monoisotopic (exact) mass is 440 g/mol. The van der Waals surface area contributed by atoms with Gasteiger partial charge in [0.1, 0.15) is 6.61 Å². The number of amides is 1. The van der Waals surface area contributed by atoms with Gasteiger partial charge in [-0.1, -0.05) is 44.0 Å². The van der Waals surface area contributed by atoms with Crippen molar-refractivity contribution < 1.29 is 24.2 Å². The first-order valence-corrected chi connectivity index (χ1v) is 11.7. The van der Waals surface area contributed by atoms with Crippen molar-refractivity contribution in [1.29, 1.82) is 0 Å². The van der Waals surface area contributed by atoms with E-state index in [9.17, 15) is 9.59 Å². The molecule has 0 aliphatic carbocycles. The molecule has 3 heterocycles. The molecule has 1 aromatic rings. The molecule has 3 aliphatic heterocycles. The number of nitrogens with one attached hydrogen (secondary N) is 1. The van der Waals surface area contributed by atoms with Gasteiger partial charge >= 0.3 is 5.97 Å². The summed E-state index contributed by atoms with van der Waals surface area (Å²) in [5.41, 5.74) is 1.98. The lowest BCUT2D eigenvalue weighted by Gasteiger charge is -2.27. The van der Waals surface area contributed by atoms with Crippen molar-refractivity contribution in [2.75, 3.05) is 13.2 Å². The van der Waals surface area contributed by atoms with Crippen molar-refractivity contribution in [2.45, 2.75) is 63.7 Å². The molecule has 2 bridgehead atoms. The van der Waals surface area contributed by atoms with Gasteiger partial charge in [0.15, 0.2) is 11.9 Å². The minimum absolute atomic E-state index is 0.0307. The van der Waals surface area contributed by atoms with Crippen molar-refractivity contribution in [3.63, 3.8) is 0 Å². The van der Waals surface area contributed by atoms with Gasteiger partial charge in [-0.2, -0.15) is 0 Å². The summed E-state index contributed by atoms with van der Waals surface area (Å²) in [6.45, 7) is 3.10. The van der Waals surface area contributed by atoms with E-state index in [2.05, 4.69) is 17.2 Å². The standard InChI is InChI=1S/C25H32N2O5/c1-2-3-6-13-26-24(30)19-15-31-25(27-19)23-18(20-10-11-21(23)32-20)14-17-8-5-4-7-16(17)9-12-22(28)29/h4-5,7-9,12,18-21,23H,2-3,6,10-11,13-15H2,1H3,(H,26,30)(H,28,29)/t18-,19-,20-,21+,23-/m0/s1. The molecule has 0 unspecified atom stereocenters. The Hall–Kier alpha value is -2.67. The summed E-state index contributed by atoms with van der Waals surface area (Å²) in [5.74, 6) is -0.162. The number of carbonyl (C=O) groups is 2. The molecular weight excluding hydrogens is 408 g/mol. The molecule has 172 valence electrons. The van der Waals surface area contributed by atoms with E-state index in [0.29, 0.717) is 12.4 Å². The van der Waals surface area contributed by atoms with E-state index in [0.717, 1.165) is 49.7 Å². The Morgan fingerprint density at radius 2 is 2.03 bits per heavy atom. The number of ether oxygens (including phenoxy) is 2. The lowest BCUT2D eigenvalue weighted by atomic mass is 9.75. The van der Waals surface area contributed by atoms with Crippen LogP contribution >= 0.6 is 0 Å². The summed E-state index contributed by atoms with van der Waals surface area (Å²) in [5, 5.41) is 12.0. The van der Waals surface area contributed by atoms with Crippen LogP contribution in [0.15, 0.2) is 35.3 Å². The van der Waals surface area contributed by atoms with E-state index in [1.165, 1.54) is 6.08 Å². The second-order valence-corrected chi connectivity index (χ2v) is 8.85. The third-order valence-electron chi connectivity index (χ3n) is 6.68. The molecule has 5 atom stereocenters. The summed E-state index contributed by atoms with van der Waals surface area (Å²) in [4.78, 5) is 28.1. The third-order valence-corrected chi connectivity index (χ3v) is 6.68. The molecule has 2 saturated heterocycles. The van der Waals surface area contributed by atoms with Crippen LogP contribution in [-0.4, -0.2) is 54.3 Å². The Morgan fingerprint density at radius 1 is 1.22 bits per heavy atom. The lowest BCUT2D eigenvalue weighted by Crippen LogP contribution is -2.35. The number of aliphatic carboxylic acids is 1. The van der Waals surface area contributed by atoms with Crippen LogP contribution in [0, 0.1) is 11.8 Å². The van der Waals surface area contributed by atoms with Gasteiger partial charge in [-0.3, -0.25) is 4.79 Å². The Labute approximate surface area is 188 Å². The second kappa shape index (κ2) is 10.3. The Morgan fingerprint density at radius 3 is 2.84 bits per heavy atom. The number of fused-ring (bicyclic) bond motifs is 2. The average molecular weight is 441 g/mol. The molecule has 0 saturated carbocycles. The fourth-order valence-corrected chi connectivity index (χ4v) is 5.09. The first-order chi connectivity index (χ1) is 15.6. The number of hydrogen-bond donors (Lipinski definition) is 2. The van der Waals surface area contributed by atoms with Gasteiger partial charge < -0.3 is 19.9 Å². The van der Waals surface area contributed by atoms with Gasteiger partial charge in [0, 0.05) is 18.5 Å². The van der Waals surface area contributed by atoms with Crippen LogP contribution in [0.2, 0.25) is 0 Å². The summed E-state index contributed by atoms with van der Waals surface area (Å²) in [7, 11) is 0. The quantitative estimate of drug-likeness (QED) is 0.430. The fraction of sp³-hybridized carbons (Fsp3) is 0.560. The van der Waals surface area contributed by atoms with E-state index in [-0.39, 0.29) is 36.6 Å². The largest absolute Gasteiger partial charge is 0.478 e. The van der Waals surface area contributed by atoms with Crippen molar-refractivity contribution >= 4 is 23.9 Å². The molecule has 0 radical (unpaired) electrons. The topological polar surface area (TPSA) is 97.2 Å². The number of carboxylic acid groups (broad SMARTS) is 1. The number of carboxylic acids is 1. The van der Waals surface area contributed by atoms with Gasteiger partial charge in [0.05, 0.1) is 18.1 Å². The van der Waals surface area contributed by atoms with Gasteiger partial charge in [-0.25, -0.2) is 9.79 Å². The predicted molar refractivity (Wildman–Crippen MR) is 121 cm³/mol. The van der Waals surface area contributed by atoms with Crippen molar-refractivity contribution in [1.82, 2.24) is 5.32 Å². The van der Waals surface area contributed by atoms with Crippen molar-refractivity contribution in [3.05, 3.63) is 41.5 Å². The molecule has 2 fully saturated rings. The highest BCUT2D eigenvalue weighted by molar-refractivity contribution is 5.90. The summed E-state index contributed by atoms with van der Waals surface area (Å²) in [6.07, 6.45) is 8.94. The van der Waals surface area contributed by atoms with Crippen LogP contribution < -0.4 is 5.32 Å². The average Bonchev–Trinajstić information content (AvgIpc) is 3.52. The van der Waals surface area contributed by atoms with Gasteiger partial charge in [-0.05, 0) is 42.9 Å². The highest BCUT2D eigenvalue weighted by Crippen LogP contribution is 2.46. The van der Waals surface area contributed by atoms with Crippen LogP contribution in [0.3, 0.4) is 0 Å². The maximum Gasteiger partial charge on any atom is 0.328 e. The maximum atomic E-state index is 12.5. The van der Waals surface area contributed by atoms with E-state index >= 15 is 0 Å². The number of rotatable bonds is 10. The number of aliphatic imine (C=N–C) groups is 1. The van der Waals surface area contributed by atoms with Gasteiger partial charge in [0.2, 0.25) is 5.91 Å². The number of nitrogens with zero attached hydrogens (tertiary/aromatic N) is 1. The second-order valence-electron chi connectivity index (χ2n) is 8.85. The highest BCUT2D eigenvalue weighted by Gasteiger charge is 2.52. The molecule has 3 aliphatic rings. The molecule has 1 aromatic carbocycles. The molecule has 7 heteroatoms. The van der Waals surface area contributed by atoms with E-state index < -0.39 is 12.0 Å². The first kappa shape index (κ1) is 22.5. The Balaban J connectivity index is 1.46. The molecule has 0 spiro atoms. The van der Waals surface area contributed by atoms with Crippen LogP contribution in [-0.2, 0) is 25.5 Å².